The van der Waals surface area contributed by atoms with Crippen molar-refractivity contribution in [1.29, 1.82) is 0 Å². The van der Waals surface area contributed by atoms with Gasteiger partial charge in [0.2, 0.25) is 0 Å². The number of nitrogens with one attached hydrogen (secondary N) is 2. The third-order valence-corrected chi connectivity index (χ3v) is 2.82. The lowest BCUT2D eigenvalue weighted by molar-refractivity contribution is -0.385. The lowest BCUT2D eigenvalue weighted by atomic mass is 10.1. The molecule has 0 spiro atoms. The Morgan fingerprint density at radius 2 is 2.14 bits per heavy atom. The van der Waals surface area contributed by atoms with Crippen LogP contribution in [0.2, 0.25) is 0 Å². The number of nitrogens with zero attached hydrogens (tertiary/aromatic N) is 2. The smallest absolute Gasteiger partial charge is 0.375 e. The van der Waals surface area contributed by atoms with E-state index in [1.54, 1.807) is 13.1 Å². The minimum Gasteiger partial charge on any atom is -0.375 e. The number of alkyl halides is 3. The Hall–Kier alpha value is -2.58. The van der Waals surface area contributed by atoms with Crippen LogP contribution in [-0.4, -0.2) is 14.9 Å². The molecule has 0 amide bonds. The molecule has 0 aliphatic heterocycles. The number of rotatable bonds is 4. The van der Waals surface area contributed by atoms with Gasteiger partial charge < -0.3 is 10.3 Å². The van der Waals surface area contributed by atoms with Crippen LogP contribution < -0.4 is 5.32 Å². The Morgan fingerprint density at radius 1 is 1.43 bits per heavy atom. The second-order valence-corrected chi connectivity index (χ2v) is 4.33. The third-order valence-electron chi connectivity index (χ3n) is 2.82. The van der Waals surface area contributed by atoms with Crippen LogP contribution in [-0.2, 0) is 6.18 Å². The fourth-order valence-corrected chi connectivity index (χ4v) is 1.82. The highest BCUT2D eigenvalue weighted by atomic mass is 19.4. The fourth-order valence-electron chi connectivity index (χ4n) is 1.82. The van der Waals surface area contributed by atoms with Gasteiger partial charge in [-0.05, 0) is 13.0 Å². The summed E-state index contributed by atoms with van der Waals surface area (Å²) in [4.78, 5) is 16.5. The maximum Gasteiger partial charge on any atom is 0.418 e. The van der Waals surface area contributed by atoms with Gasteiger partial charge in [-0.15, -0.1) is 0 Å². The molecule has 112 valence electrons. The molecule has 0 aliphatic rings. The maximum absolute atomic E-state index is 13.0. The van der Waals surface area contributed by atoms with Gasteiger partial charge in [-0.1, -0.05) is 0 Å². The van der Waals surface area contributed by atoms with E-state index in [0.717, 1.165) is 12.1 Å². The number of halogens is 3. The van der Waals surface area contributed by atoms with Crippen molar-refractivity contribution >= 4 is 11.4 Å². The zero-order valence-corrected chi connectivity index (χ0v) is 10.8. The third kappa shape index (κ3) is 3.30. The second kappa shape index (κ2) is 5.43. The molecule has 9 heteroatoms. The number of H-pyrrole nitrogens is 1. The molecule has 2 aromatic rings. The quantitative estimate of drug-likeness (QED) is 0.668. The molecule has 0 fully saturated rings. The number of nitro groups is 1. The standard InChI is InChI=1S/C12H11F3N4O2/c1-7(11-16-4-5-17-11)18-10-3-2-8(19(20)21)6-9(10)12(13,14)15/h2-7,18H,1H3,(H,16,17). The minimum absolute atomic E-state index is 0.239. The number of imidazole rings is 1. The first-order valence-electron chi connectivity index (χ1n) is 5.90. The van der Waals surface area contributed by atoms with Gasteiger partial charge in [0.25, 0.3) is 5.69 Å². The van der Waals surface area contributed by atoms with Crippen LogP contribution in [0, 0.1) is 10.1 Å². The zero-order chi connectivity index (χ0) is 15.6. The molecule has 0 bridgehead atoms. The summed E-state index contributed by atoms with van der Waals surface area (Å²) in [6, 6.07) is 2.06. The highest BCUT2D eigenvalue weighted by Gasteiger charge is 2.35. The van der Waals surface area contributed by atoms with Crippen molar-refractivity contribution in [3.63, 3.8) is 0 Å². The predicted octanol–water partition coefficient (Wildman–Crippen LogP) is 3.51. The summed E-state index contributed by atoms with van der Waals surface area (Å²) < 4.78 is 39.0. The molecular formula is C12H11F3N4O2. The van der Waals surface area contributed by atoms with E-state index in [-0.39, 0.29) is 5.69 Å². The Bertz CT molecular complexity index is 640. The van der Waals surface area contributed by atoms with Gasteiger partial charge in [0.05, 0.1) is 16.5 Å². The second-order valence-electron chi connectivity index (χ2n) is 4.33. The van der Waals surface area contributed by atoms with Crippen LogP contribution >= 0.6 is 0 Å². The molecule has 1 aromatic heterocycles. The van der Waals surface area contributed by atoms with Gasteiger partial charge in [-0.2, -0.15) is 13.2 Å². The van der Waals surface area contributed by atoms with Gasteiger partial charge in [-0.25, -0.2) is 4.98 Å². The summed E-state index contributed by atoms with van der Waals surface area (Å²) in [5, 5.41) is 13.3. The molecule has 0 aliphatic carbocycles. The molecule has 2 N–H and O–H groups in total. The molecule has 0 radical (unpaired) electrons. The Morgan fingerprint density at radius 3 is 2.67 bits per heavy atom. The number of benzene rings is 1. The summed E-state index contributed by atoms with van der Waals surface area (Å²) in [6.07, 6.45) is -1.67. The van der Waals surface area contributed by atoms with Crippen molar-refractivity contribution in [2.75, 3.05) is 5.32 Å². The van der Waals surface area contributed by atoms with Crippen molar-refractivity contribution < 1.29 is 18.1 Å². The number of nitro benzene ring substituents is 1. The lowest BCUT2D eigenvalue weighted by Gasteiger charge is -2.18. The molecule has 21 heavy (non-hydrogen) atoms. The predicted molar refractivity (Wildman–Crippen MR) is 68.7 cm³/mol. The molecule has 6 nitrogen and oxygen atoms in total. The summed E-state index contributed by atoms with van der Waals surface area (Å²) in [5.74, 6) is 0.460. The number of hydrogen-bond acceptors (Lipinski definition) is 4. The molecular weight excluding hydrogens is 289 g/mol. The fraction of sp³-hybridized carbons (Fsp3) is 0.250. The van der Waals surface area contributed by atoms with E-state index in [0.29, 0.717) is 11.9 Å². The van der Waals surface area contributed by atoms with Crippen LogP contribution in [0.25, 0.3) is 0 Å². The van der Waals surface area contributed by atoms with Gasteiger partial charge >= 0.3 is 6.18 Å². The number of anilines is 1. The Kier molecular flexibility index (Phi) is 3.83. The number of non-ortho nitro benzene ring substituents is 1. The molecule has 2 rings (SSSR count). The topological polar surface area (TPSA) is 83.8 Å². The maximum atomic E-state index is 13.0. The van der Waals surface area contributed by atoms with Crippen LogP contribution in [0.15, 0.2) is 30.6 Å². The Balaban J connectivity index is 2.36. The zero-order valence-electron chi connectivity index (χ0n) is 10.8. The van der Waals surface area contributed by atoms with E-state index in [4.69, 9.17) is 0 Å². The van der Waals surface area contributed by atoms with E-state index in [9.17, 15) is 23.3 Å². The SMILES string of the molecule is CC(Nc1ccc([N+](=O)[O-])cc1C(F)(F)F)c1ncc[nH]1. The van der Waals surface area contributed by atoms with Crippen LogP contribution in [0.1, 0.15) is 24.4 Å². The van der Waals surface area contributed by atoms with E-state index in [2.05, 4.69) is 15.3 Å². The van der Waals surface area contributed by atoms with Crippen molar-refractivity contribution in [2.45, 2.75) is 19.1 Å². The van der Waals surface area contributed by atoms with Crippen LogP contribution in [0.3, 0.4) is 0 Å². The van der Waals surface area contributed by atoms with E-state index in [1.807, 2.05) is 0 Å². The van der Waals surface area contributed by atoms with Crippen LogP contribution in [0.5, 0.6) is 0 Å². The normalized spacial score (nSPS) is 13.0. The molecule has 1 unspecified atom stereocenters. The van der Waals surface area contributed by atoms with Gasteiger partial charge in [0, 0.05) is 30.2 Å². The summed E-state index contributed by atoms with van der Waals surface area (Å²) in [5.41, 5.74) is -1.94. The largest absolute Gasteiger partial charge is 0.418 e. The average Bonchev–Trinajstić information content (AvgIpc) is 2.91. The summed E-state index contributed by atoms with van der Waals surface area (Å²) in [7, 11) is 0. The van der Waals surface area contributed by atoms with Crippen molar-refractivity contribution in [1.82, 2.24) is 9.97 Å². The van der Waals surface area contributed by atoms with E-state index in [1.165, 1.54) is 6.20 Å². The summed E-state index contributed by atoms with van der Waals surface area (Å²) in [6.45, 7) is 1.63. The van der Waals surface area contributed by atoms with Gasteiger partial charge in [0.1, 0.15) is 5.82 Å². The van der Waals surface area contributed by atoms with Crippen molar-refractivity contribution in [3.05, 3.63) is 52.1 Å². The van der Waals surface area contributed by atoms with Crippen LogP contribution in [0.4, 0.5) is 24.5 Å². The Labute approximate surface area is 117 Å². The molecule has 0 saturated heterocycles. The lowest BCUT2D eigenvalue weighted by Crippen LogP contribution is -2.14. The van der Waals surface area contributed by atoms with Gasteiger partial charge in [0.15, 0.2) is 0 Å². The van der Waals surface area contributed by atoms with Gasteiger partial charge in [-0.3, -0.25) is 10.1 Å². The first-order valence-corrected chi connectivity index (χ1v) is 5.90. The van der Waals surface area contributed by atoms with E-state index >= 15 is 0 Å². The number of hydrogen-bond donors (Lipinski definition) is 2. The van der Waals surface area contributed by atoms with Crippen molar-refractivity contribution in [2.24, 2.45) is 0 Å². The molecule has 1 atom stereocenters. The molecule has 1 heterocycles. The van der Waals surface area contributed by atoms with Crippen molar-refractivity contribution in [3.8, 4) is 0 Å². The minimum atomic E-state index is -4.70. The monoisotopic (exact) mass is 300 g/mol. The molecule has 1 aromatic carbocycles. The average molecular weight is 300 g/mol. The van der Waals surface area contributed by atoms with E-state index < -0.39 is 28.4 Å². The highest BCUT2D eigenvalue weighted by molar-refractivity contribution is 5.58. The first-order chi connectivity index (χ1) is 9.79. The first kappa shape index (κ1) is 14.8. The highest BCUT2D eigenvalue weighted by Crippen LogP contribution is 2.38. The number of aromatic amines is 1. The molecule has 0 saturated carbocycles. The summed E-state index contributed by atoms with van der Waals surface area (Å²) >= 11 is 0. The number of aromatic nitrogens is 2.